The average Bonchev–Trinajstić information content (AvgIpc) is 2.77. The van der Waals surface area contributed by atoms with Crippen LogP contribution in [0, 0.1) is 5.92 Å². The number of carbonyl (C=O) groups is 3. The lowest BCUT2D eigenvalue weighted by molar-refractivity contribution is -0.133. The summed E-state index contributed by atoms with van der Waals surface area (Å²) < 4.78 is 0. The maximum atomic E-state index is 12.6. The molecule has 0 saturated carbocycles. The number of piperidine rings is 1. The van der Waals surface area contributed by atoms with E-state index in [0.717, 1.165) is 5.56 Å². The number of nitrogens with zero attached hydrogens (tertiary/aromatic N) is 1. The van der Waals surface area contributed by atoms with Gasteiger partial charge in [-0.2, -0.15) is 0 Å². The smallest absolute Gasteiger partial charge is 0.246 e. The number of amides is 3. The standard InChI is InChI=1S/C23H25N3O3/c24-22(28)21(18-9-5-2-6-10-18)25-23(29)19-13-15-26(16-14-19)20(27)12-11-17-7-3-1-4-8-17/h1-12,19,21H,13-16H2,(H2,24,28)(H,25,29)/b12-11+. The monoisotopic (exact) mass is 391 g/mol. The first-order valence-corrected chi connectivity index (χ1v) is 9.71. The Morgan fingerprint density at radius 2 is 1.55 bits per heavy atom. The van der Waals surface area contributed by atoms with E-state index in [1.165, 1.54) is 0 Å². The zero-order valence-corrected chi connectivity index (χ0v) is 16.2. The van der Waals surface area contributed by atoms with E-state index in [2.05, 4.69) is 5.32 Å². The molecule has 1 heterocycles. The highest BCUT2D eigenvalue weighted by atomic mass is 16.2. The minimum absolute atomic E-state index is 0.0630. The molecule has 6 heteroatoms. The molecule has 0 radical (unpaired) electrons. The van der Waals surface area contributed by atoms with E-state index >= 15 is 0 Å². The SMILES string of the molecule is NC(=O)C(NC(=O)C1CCN(C(=O)/C=C/c2ccccc2)CC1)c1ccccc1. The van der Waals surface area contributed by atoms with Crippen LogP contribution in [0.15, 0.2) is 66.7 Å². The van der Waals surface area contributed by atoms with E-state index in [9.17, 15) is 14.4 Å². The Morgan fingerprint density at radius 1 is 0.966 bits per heavy atom. The van der Waals surface area contributed by atoms with E-state index < -0.39 is 11.9 Å². The molecule has 29 heavy (non-hydrogen) atoms. The number of primary amides is 1. The maximum absolute atomic E-state index is 12.6. The van der Waals surface area contributed by atoms with Crippen molar-refractivity contribution in [1.82, 2.24) is 10.2 Å². The van der Waals surface area contributed by atoms with Gasteiger partial charge in [0.15, 0.2) is 0 Å². The molecule has 0 spiro atoms. The minimum Gasteiger partial charge on any atom is -0.368 e. The molecule has 0 bridgehead atoms. The van der Waals surface area contributed by atoms with Crippen LogP contribution in [-0.2, 0) is 14.4 Å². The molecule has 2 aromatic rings. The van der Waals surface area contributed by atoms with Crippen LogP contribution >= 0.6 is 0 Å². The van der Waals surface area contributed by atoms with Gasteiger partial charge < -0.3 is 16.0 Å². The van der Waals surface area contributed by atoms with Crippen LogP contribution in [0.1, 0.15) is 30.0 Å². The third kappa shape index (κ3) is 5.54. The number of nitrogens with one attached hydrogen (secondary N) is 1. The Balaban J connectivity index is 1.53. The van der Waals surface area contributed by atoms with Crippen LogP contribution < -0.4 is 11.1 Å². The molecule has 3 rings (SSSR count). The largest absolute Gasteiger partial charge is 0.368 e. The predicted molar refractivity (Wildman–Crippen MR) is 111 cm³/mol. The van der Waals surface area contributed by atoms with Gasteiger partial charge in [0.05, 0.1) is 0 Å². The van der Waals surface area contributed by atoms with Gasteiger partial charge in [-0.3, -0.25) is 14.4 Å². The summed E-state index contributed by atoms with van der Waals surface area (Å²) in [4.78, 5) is 38.6. The summed E-state index contributed by atoms with van der Waals surface area (Å²) in [5.41, 5.74) is 7.10. The summed E-state index contributed by atoms with van der Waals surface area (Å²) in [6.45, 7) is 1.01. The van der Waals surface area contributed by atoms with Crippen molar-refractivity contribution in [3.05, 3.63) is 77.9 Å². The molecule has 150 valence electrons. The molecule has 1 aliphatic rings. The fraction of sp³-hybridized carbons (Fsp3) is 0.261. The fourth-order valence-corrected chi connectivity index (χ4v) is 3.42. The second-order valence-corrected chi connectivity index (χ2v) is 7.10. The third-order valence-corrected chi connectivity index (χ3v) is 5.10. The zero-order chi connectivity index (χ0) is 20.6. The number of benzene rings is 2. The second-order valence-electron chi connectivity index (χ2n) is 7.10. The Kier molecular flexibility index (Phi) is 6.79. The summed E-state index contributed by atoms with van der Waals surface area (Å²) >= 11 is 0. The van der Waals surface area contributed by atoms with Gasteiger partial charge in [-0.1, -0.05) is 60.7 Å². The van der Waals surface area contributed by atoms with E-state index in [4.69, 9.17) is 5.73 Å². The summed E-state index contributed by atoms with van der Waals surface area (Å²) in [5, 5.41) is 2.76. The van der Waals surface area contributed by atoms with Crippen molar-refractivity contribution in [3.63, 3.8) is 0 Å². The lowest BCUT2D eigenvalue weighted by Gasteiger charge is -2.31. The van der Waals surface area contributed by atoms with Crippen LogP contribution in [0.25, 0.3) is 6.08 Å². The van der Waals surface area contributed by atoms with Gasteiger partial charge in [-0.15, -0.1) is 0 Å². The van der Waals surface area contributed by atoms with Gasteiger partial charge in [0.25, 0.3) is 0 Å². The van der Waals surface area contributed by atoms with E-state index in [-0.39, 0.29) is 17.7 Å². The molecule has 1 unspecified atom stereocenters. The Hall–Kier alpha value is -3.41. The van der Waals surface area contributed by atoms with Gasteiger partial charge in [-0.05, 0) is 30.0 Å². The lowest BCUT2D eigenvalue weighted by atomic mass is 9.94. The van der Waals surface area contributed by atoms with E-state index in [1.807, 2.05) is 36.4 Å². The number of nitrogens with two attached hydrogens (primary N) is 1. The van der Waals surface area contributed by atoms with E-state index in [1.54, 1.807) is 41.3 Å². The minimum atomic E-state index is -0.850. The Bertz CT molecular complexity index is 873. The molecule has 2 aromatic carbocycles. The quantitative estimate of drug-likeness (QED) is 0.740. The van der Waals surface area contributed by atoms with Crippen LogP contribution in [0.5, 0.6) is 0 Å². The molecule has 6 nitrogen and oxygen atoms in total. The van der Waals surface area contributed by atoms with Crippen molar-refractivity contribution in [3.8, 4) is 0 Å². The van der Waals surface area contributed by atoms with Gasteiger partial charge in [0, 0.05) is 25.1 Å². The number of rotatable bonds is 6. The van der Waals surface area contributed by atoms with Gasteiger partial charge >= 0.3 is 0 Å². The summed E-state index contributed by atoms with van der Waals surface area (Å²) in [6, 6.07) is 17.7. The second kappa shape index (κ2) is 9.68. The number of hydrogen-bond donors (Lipinski definition) is 2. The first-order valence-electron chi connectivity index (χ1n) is 9.71. The average molecular weight is 391 g/mol. The van der Waals surface area contributed by atoms with Gasteiger partial charge in [-0.25, -0.2) is 0 Å². The molecule has 0 aliphatic carbocycles. The van der Waals surface area contributed by atoms with Crippen molar-refractivity contribution >= 4 is 23.8 Å². The van der Waals surface area contributed by atoms with Gasteiger partial charge in [0.1, 0.15) is 6.04 Å². The highest BCUT2D eigenvalue weighted by molar-refractivity contribution is 5.92. The highest BCUT2D eigenvalue weighted by Gasteiger charge is 2.29. The number of carbonyl (C=O) groups excluding carboxylic acids is 3. The van der Waals surface area contributed by atoms with Crippen LogP contribution in [0.3, 0.4) is 0 Å². The lowest BCUT2D eigenvalue weighted by Crippen LogP contribution is -2.45. The first kappa shape index (κ1) is 20.3. The van der Waals surface area contributed by atoms with Crippen molar-refractivity contribution in [2.75, 3.05) is 13.1 Å². The molecule has 3 N–H and O–H groups in total. The van der Waals surface area contributed by atoms with Crippen molar-refractivity contribution in [1.29, 1.82) is 0 Å². The number of likely N-dealkylation sites (tertiary alicyclic amines) is 1. The molecule has 1 saturated heterocycles. The summed E-state index contributed by atoms with van der Waals surface area (Å²) in [7, 11) is 0. The van der Waals surface area contributed by atoms with Crippen molar-refractivity contribution < 1.29 is 14.4 Å². The van der Waals surface area contributed by atoms with Crippen LogP contribution in [-0.4, -0.2) is 35.7 Å². The van der Waals surface area contributed by atoms with Crippen molar-refractivity contribution in [2.45, 2.75) is 18.9 Å². The Morgan fingerprint density at radius 3 is 2.14 bits per heavy atom. The summed E-state index contributed by atoms with van der Waals surface area (Å²) in [6.07, 6.45) is 4.46. The molecular formula is C23H25N3O3. The Labute approximate surface area is 170 Å². The predicted octanol–water partition coefficient (Wildman–Crippen LogP) is 2.28. The van der Waals surface area contributed by atoms with Gasteiger partial charge in [0.2, 0.25) is 17.7 Å². The molecule has 1 aliphatic heterocycles. The molecule has 1 atom stereocenters. The highest BCUT2D eigenvalue weighted by Crippen LogP contribution is 2.20. The molecule has 3 amide bonds. The fourth-order valence-electron chi connectivity index (χ4n) is 3.42. The van der Waals surface area contributed by atoms with Crippen molar-refractivity contribution in [2.24, 2.45) is 11.7 Å². The molecular weight excluding hydrogens is 366 g/mol. The van der Waals surface area contributed by atoms with E-state index in [0.29, 0.717) is 31.5 Å². The van der Waals surface area contributed by atoms with Crippen LogP contribution in [0.4, 0.5) is 0 Å². The zero-order valence-electron chi connectivity index (χ0n) is 16.2. The molecule has 0 aromatic heterocycles. The normalized spacial score (nSPS) is 15.8. The molecule has 1 fully saturated rings. The topological polar surface area (TPSA) is 92.5 Å². The number of hydrogen-bond acceptors (Lipinski definition) is 3. The summed E-state index contributed by atoms with van der Waals surface area (Å²) in [5.74, 6) is -1.11. The third-order valence-electron chi connectivity index (χ3n) is 5.10. The van der Waals surface area contributed by atoms with Crippen LogP contribution in [0.2, 0.25) is 0 Å². The first-order chi connectivity index (χ1) is 14.0. The maximum Gasteiger partial charge on any atom is 0.246 e.